The van der Waals surface area contributed by atoms with Gasteiger partial charge in [0, 0.05) is 45.8 Å². The largest absolute Gasteiger partial charge is 0.450 e. The summed E-state index contributed by atoms with van der Waals surface area (Å²) in [5.41, 5.74) is -1.05. The predicted octanol–water partition coefficient (Wildman–Crippen LogP) is 6.59. The first-order valence-electron chi connectivity index (χ1n) is 12.2. The molecule has 0 unspecified atom stereocenters. The Kier molecular flexibility index (Phi) is 8.24. The first-order valence-corrected chi connectivity index (χ1v) is 15.9. The van der Waals surface area contributed by atoms with Gasteiger partial charge in [-0.2, -0.15) is 13.2 Å². The minimum absolute atomic E-state index is 0.0918. The van der Waals surface area contributed by atoms with E-state index in [0.29, 0.717) is 19.8 Å². The molecule has 1 aromatic carbocycles. The van der Waals surface area contributed by atoms with Crippen LogP contribution in [0.4, 0.5) is 22.0 Å². The minimum atomic E-state index is -4.78. The summed E-state index contributed by atoms with van der Waals surface area (Å²) >= 11 is 0. The zero-order valence-electron chi connectivity index (χ0n) is 21.3. The molecule has 1 aliphatic heterocycles. The molecule has 4 rings (SSSR count). The zero-order chi connectivity index (χ0) is 27.7. The summed E-state index contributed by atoms with van der Waals surface area (Å²) in [6.45, 7) is 7.63. The Labute approximate surface area is 217 Å². The number of carbonyl (C=O) groups excluding carboxylic acids is 1. The maximum Gasteiger partial charge on any atom is 0.418 e. The van der Waals surface area contributed by atoms with Gasteiger partial charge in [-0.15, -0.1) is 0 Å². The Morgan fingerprint density at radius 2 is 1.87 bits per heavy atom. The van der Waals surface area contributed by atoms with E-state index in [1.165, 1.54) is 10.8 Å². The SMILES string of the molecule is C[Si](C)(C)CCOCn1cc(C(F)(F)F)c2c(Oc3c(F)cc(CC(=O)CC4COC4)cc3F)ccnc21. The maximum absolute atomic E-state index is 14.9. The van der Waals surface area contributed by atoms with Crippen LogP contribution in [0, 0.1) is 17.6 Å². The van der Waals surface area contributed by atoms with Gasteiger partial charge in [-0.3, -0.25) is 4.79 Å². The number of Topliss-reactive ketones (excluding diaryl/α,β-unsaturated/α-hetero) is 1. The molecule has 1 fully saturated rings. The molecule has 3 heterocycles. The molecule has 0 bridgehead atoms. The van der Waals surface area contributed by atoms with Gasteiger partial charge in [-0.25, -0.2) is 13.8 Å². The number of hydrogen-bond acceptors (Lipinski definition) is 5. The molecule has 3 aromatic rings. The smallest absolute Gasteiger partial charge is 0.418 e. The van der Waals surface area contributed by atoms with E-state index in [0.717, 1.165) is 30.4 Å². The van der Waals surface area contributed by atoms with E-state index < -0.39 is 48.3 Å². The van der Waals surface area contributed by atoms with Gasteiger partial charge in [-0.1, -0.05) is 19.6 Å². The third-order valence-corrected chi connectivity index (χ3v) is 7.85. The second kappa shape index (κ2) is 11.1. The van der Waals surface area contributed by atoms with Crippen LogP contribution in [-0.4, -0.2) is 43.2 Å². The van der Waals surface area contributed by atoms with E-state index in [1.54, 1.807) is 0 Å². The van der Waals surface area contributed by atoms with Gasteiger partial charge in [-0.05, 0) is 29.8 Å². The van der Waals surface area contributed by atoms with Crippen LogP contribution in [0.25, 0.3) is 11.0 Å². The maximum atomic E-state index is 14.9. The van der Waals surface area contributed by atoms with Crippen molar-refractivity contribution in [2.75, 3.05) is 19.8 Å². The Bertz CT molecular complexity index is 1290. The van der Waals surface area contributed by atoms with Crippen molar-refractivity contribution in [3.05, 3.63) is 53.4 Å². The van der Waals surface area contributed by atoms with Gasteiger partial charge >= 0.3 is 6.18 Å². The Morgan fingerprint density at radius 1 is 1.18 bits per heavy atom. The Morgan fingerprint density at radius 3 is 2.45 bits per heavy atom. The summed E-state index contributed by atoms with van der Waals surface area (Å²) < 4.78 is 88.7. The van der Waals surface area contributed by atoms with Crippen molar-refractivity contribution in [3.8, 4) is 11.5 Å². The lowest BCUT2D eigenvalue weighted by Gasteiger charge is -2.25. The number of alkyl halides is 3. The molecule has 38 heavy (non-hydrogen) atoms. The summed E-state index contributed by atoms with van der Waals surface area (Å²) in [5, 5.41) is -0.436. The molecule has 206 valence electrons. The normalized spacial score (nSPS) is 14.6. The third kappa shape index (κ3) is 6.78. The molecule has 12 heteroatoms. The van der Waals surface area contributed by atoms with Gasteiger partial charge in [0.15, 0.2) is 17.4 Å². The van der Waals surface area contributed by atoms with Crippen LogP contribution in [-0.2, 0) is 33.6 Å². The number of pyridine rings is 1. The summed E-state index contributed by atoms with van der Waals surface area (Å²) in [5.74, 6) is -3.62. The van der Waals surface area contributed by atoms with E-state index in [4.69, 9.17) is 14.2 Å². The number of aromatic nitrogens is 2. The van der Waals surface area contributed by atoms with Crippen LogP contribution in [0.1, 0.15) is 17.5 Å². The molecular weight excluding hydrogens is 527 g/mol. The first kappa shape index (κ1) is 28.2. The first-order chi connectivity index (χ1) is 17.8. The molecule has 0 aliphatic carbocycles. The van der Waals surface area contributed by atoms with Crippen LogP contribution in [0.3, 0.4) is 0 Å². The van der Waals surface area contributed by atoms with Gasteiger partial charge in [0.1, 0.15) is 23.9 Å². The lowest BCUT2D eigenvalue weighted by molar-refractivity contribution is -0.136. The average Bonchev–Trinajstić information content (AvgIpc) is 3.16. The average molecular weight is 557 g/mol. The number of nitrogens with zero attached hydrogens (tertiary/aromatic N) is 2. The summed E-state index contributed by atoms with van der Waals surface area (Å²) in [7, 11) is -1.40. The van der Waals surface area contributed by atoms with Crippen molar-refractivity contribution in [2.24, 2.45) is 5.92 Å². The molecule has 0 atom stereocenters. The van der Waals surface area contributed by atoms with Gasteiger partial charge in [0.05, 0.1) is 24.2 Å². The molecule has 0 amide bonds. The van der Waals surface area contributed by atoms with Gasteiger partial charge in [0.2, 0.25) is 0 Å². The van der Waals surface area contributed by atoms with Crippen molar-refractivity contribution < 1.29 is 41.0 Å². The molecule has 0 spiro atoms. The fraction of sp³-hybridized carbons (Fsp3) is 0.462. The number of ether oxygens (including phenoxy) is 3. The quantitative estimate of drug-likeness (QED) is 0.152. The summed E-state index contributed by atoms with van der Waals surface area (Å²) in [6, 6.07) is 3.85. The third-order valence-electron chi connectivity index (χ3n) is 6.15. The number of halogens is 5. The van der Waals surface area contributed by atoms with E-state index in [9.17, 15) is 26.7 Å². The topological polar surface area (TPSA) is 62.6 Å². The van der Waals surface area contributed by atoms with Crippen molar-refractivity contribution in [1.82, 2.24) is 9.55 Å². The number of rotatable bonds is 11. The number of hydrogen-bond donors (Lipinski definition) is 0. The summed E-state index contributed by atoms with van der Waals surface area (Å²) in [4.78, 5) is 16.2. The highest BCUT2D eigenvalue weighted by Gasteiger charge is 2.37. The van der Waals surface area contributed by atoms with E-state index in [1.807, 2.05) is 0 Å². The molecule has 0 radical (unpaired) electrons. The van der Waals surface area contributed by atoms with Crippen molar-refractivity contribution >= 4 is 24.9 Å². The van der Waals surface area contributed by atoms with E-state index in [-0.39, 0.29) is 42.5 Å². The monoisotopic (exact) mass is 556 g/mol. The molecule has 6 nitrogen and oxygen atoms in total. The second-order valence-corrected chi connectivity index (χ2v) is 16.3. The fourth-order valence-corrected chi connectivity index (χ4v) is 4.83. The van der Waals surface area contributed by atoms with Crippen LogP contribution in [0.15, 0.2) is 30.6 Å². The highest BCUT2D eigenvalue weighted by molar-refractivity contribution is 6.76. The highest BCUT2D eigenvalue weighted by atomic mass is 28.3. The van der Waals surface area contributed by atoms with Crippen LogP contribution in [0.5, 0.6) is 11.5 Å². The predicted molar refractivity (Wildman–Crippen MR) is 133 cm³/mol. The molecule has 2 aromatic heterocycles. The van der Waals surface area contributed by atoms with E-state index >= 15 is 0 Å². The standard InChI is InChI=1S/C26H29F5N2O4Si/c1-38(2,3)7-6-35-15-33-12-19(26(29,30)31)23-22(4-5-32-25(23)33)37-24-20(27)10-16(11-21(24)28)8-18(34)9-17-13-36-14-17/h4-5,10-12,17H,6-9,13-15H2,1-3H3. The molecule has 0 saturated carbocycles. The van der Waals surface area contributed by atoms with Crippen molar-refractivity contribution in [1.29, 1.82) is 0 Å². The van der Waals surface area contributed by atoms with Gasteiger partial charge in [0.25, 0.3) is 0 Å². The number of carbonyl (C=O) groups is 1. The molecule has 1 saturated heterocycles. The van der Waals surface area contributed by atoms with Crippen molar-refractivity contribution in [3.63, 3.8) is 0 Å². The molecule has 0 N–H and O–H groups in total. The lowest BCUT2D eigenvalue weighted by Crippen LogP contribution is -2.30. The zero-order valence-corrected chi connectivity index (χ0v) is 22.3. The fourth-order valence-electron chi connectivity index (χ4n) is 4.07. The molecular formula is C26H29F5N2O4Si. The highest BCUT2D eigenvalue weighted by Crippen LogP contribution is 2.42. The number of ketones is 1. The Hall–Kier alpha value is -2.83. The van der Waals surface area contributed by atoms with E-state index in [2.05, 4.69) is 24.6 Å². The summed E-state index contributed by atoms with van der Waals surface area (Å²) in [6.07, 6.45) is -2.66. The Balaban J connectivity index is 1.59. The second-order valence-electron chi connectivity index (χ2n) is 10.7. The lowest BCUT2D eigenvalue weighted by atomic mass is 9.97. The van der Waals surface area contributed by atoms with Crippen molar-refractivity contribution in [2.45, 2.75) is 51.4 Å². The van der Waals surface area contributed by atoms with Gasteiger partial charge < -0.3 is 18.8 Å². The number of fused-ring (bicyclic) bond motifs is 1. The van der Waals surface area contributed by atoms with Crippen LogP contribution >= 0.6 is 0 Å². The van der Waals surface area contributed by atoms with Crippen LogP contribution in [0.2, 0.25) is 25.7 Å². The minimum Gasteiger partial charge on any atom is -0.450 e. The molecule has 1 aliphatic rings. The van der Waals surface area contributed by atoms with Crippen LogP contribution < -0.4 is 4.74 Å². The number of benzene rings is 1.